The summed E-state index contributed by atoms with van der Waals surface area (Å²) < 4.78 is 9.99. The Bertz CT molecular complexity index is 1030. The van der Waals surface area contributed by atoms with Gasteiger partial charge in [-0.15, -0.1) is 11.3 Å². The highest BCUT2D eigenvalue weighted by molar-refractivity contribution is 7.18. The minimum atomic E-state index is -0.788. The summed E-state index contributed by atoms with van der Waals surface area (Å²) in [5.41, 5.74) is 2.86. The molecule has 0 radical (unpaired) electrons. The number of urea groups is 1. The van der Waals surface area contributed by atoms with Crippen molar-refractivity contribution in [3.63, 3.8) is 0 Å². The van der Waals surface area contributed by atoms with Crippen LogP contribution in [0, 0.1) is 17.0 Å². The number of nitrogens with one attached hydrogen (secondary N) is 2. The number of hydrogen-bond acceptors (Lipinski definition) is 9. The molecule has 0 bridgehead atoms. The number of carbonyl (C=O) groups excluding carboxylic acids is 3. The van der Waals surface area contributed by atoms with Gasteiger partial charge in [0, 0.05) is 17.7 Å². The van der Waals surface area contributed by atoms with Gasteiger partial charge in [-0.25, -0.2) is 19.8 Å². The second kappa shape index (κ2) is 10.8. The number of nitro groups is 1. The fourth-order valence-corrected chi connectivity index (χ4v) is 3.54. The maximum atomic E-state index is 12.3. The molecule has 1 heterocycles. The molecule has 2 amide bonds. The minimum Gasteiger partial charge on any atom is -0.462 e. The Balaban J connectivity index is 2.18. The Hall–Kier alpha value is -3.80. The van der Waals surface area contributed by atoms with Crippen LogP contribution >= 0.6 is 11.3 Å². The molecule has 2 rings (SSSR count). The van der Waals surface area contributed by atoms with E-state index in [2.05, 4.69) is 15.8 Å². The summed E-state index contributed by atoms with van der Waals surface area (Å²) >= 11 is 0.878. The van der Waals surface area contributed by atoms with Crippen LogP contribution < -0.4 is 10.7 Å². The standard InChI is InChI=1S/C19H20N4O7S/c1-4-29-17(24)14-11(3)15(18(25)30-5-2)31-16(14)21-19(26)22-20-10-12-7-6-8-13(9-12)23(27)28/h6-10H,4-5H2,1-3H3,(H2,21,22,26). The van der Waals surface area contributed by atoms with Gasteiger partial charge in [-0.2, -0.15) is 5.10 Å². The highest BCUT2D eigenvalue weighted by Gasteiger charge is 2.27. The highest BCUT2D eigenvalue weighted by atomic mass is 32.1. The van der Waals surface area contributed by atoms with Crippen molar-refractivity contribution in [2.75, 3.05) is 18.5 Å². The van der Waals surface area contributed by atoms with Gasteiger partial charge in [0.2, 0.25) is 0 Å². The molecule has 0 aliphatic rings. The molecule has 11 nitrogen and oxygen atoms in total. The number of ether oxygens (including phenoxy) is 2. The van der Waals surface area contributed by atoms with Gasteiger partial charge in [-0.1, -0.05) is 12.1 Å². The molecular formula is C19H20N4O7S. The molecule has 12 heteroatoms. The first-order valence-electron chi connectivity index (χ1n) is 9.10. The van der Waals surface area contributed by atoms with Crippen LogP contribution in [0.25, 0.3) is 0 Å². The zero-order valence-corrected chi connectivity index (χ0v) is 17.8. The smallest absolute Gasteiger partial charge is 0.348 e. The zero-order chi connectivity index (χ0) is 23.0. The van der Waals surface area contributed by atoms with Gasteiger partial charge in [0.1, 0.15) is 9.88 Å². The second-order valence-corrected chi connectivity index (χ2v) is 6.90. The number of nitro benzene ring substituents is 1. The zero-order valence-electron chi connectivity index (χ0n) is 17.0. The van der Waals surface area contributed by atoms with Crippen molar-refractivity contribution in [2.45, 2.75) is 20.8 Å². The largest absolute Gasteiger partial charge is 0.462 e. The summed E-state index contributed by atoms with van der Waals surface area (Å²) in [7, 11) is 0. The molecule has 0 atom stereocenters. The molecule has 1 aromatic carbocycles. The van der Waals surface area contributed by atoms with Gasteiger partial charge in [0.05, 0.1) is 29.9 Å². The van der Waals surface area contributed by atoms with E-state index in [4.69, 9.17) is 9.47 Å². The lowest BCUT2D eigenvalue weighted by Gasteiger charge is -2.06. The molecule has 0 aliphatic carbocycles. The Morgan fingerprint density at radius 3 is 2.52 bits per heavy atom. The number of carbonyl (C=O) groups is 3. The van der Waals surface area contributed by atoms with E-state index in [0.29, 0.717) is 11.1 Å². The van der Waals surface area contributed by atoms with Crippen LogP contribution in [0.1, 0.15) is 45.0 Å². The summed E-state index contributed by atoms with van der Waals surface area (Å²) in [6.45, 7) is 5.11. The van der Waals surface area contributed by atoms with Crippen molar-refractivity contribution in [1.82, 2.24) is 5.43 Å². The molecule has 0 fully saturated rings. The third kappa shape index (κ3) is 6.09. The van der Waals surface area contributed by atoms with Crippen LogP contribution in [0.5, 0.6) is 0 Å². The number of non-ortho nitro benzene ring substituents is 1. The van der Waals surface area contributed by atoms with E-state index in [9.17, 15) is 24.5 Å². The van der Waals surface area contributed by atoms with Crippen LogP contribution in [-0.4, -0.2) is 42.3 Å². The molecule has 0 saturated heterocycles. The van der Waals surface area contributed by atoms with Crippen molar-refractivity contribution < 1.29 is 28.8 Å². The summed E-state index contributed by atoms with van der Waals surface area (Å²) in [6.07, 6.45) is 1.22. The van der Waals surface area contributed by atoms with Gasteiger partial charge in [-0.05, 0) is 26.3 Å². The van der Waals surface area contributed by atoms with Crippen molar-refractivity contribution in [1.29, 1.82) is 0 Å². The first kappa shape index (κ1) is 23.5. The number of hydrazone groups is 1. The summed E-state index contributed by atoms with van der Waals surface area (Å²) in [4.78, 5) is 47.1. The monoisotopic (exact) mass is 448 g/mol. The quantitative estimate of drug-likeness (QED) is 0.272. The average molecular weight is 448 g/mol. The first-order valence-corrected chi connectivity index (χ1v) is 9.92. The number of thiophene rings is 1. The predicted octanol–water partition coefficient (Wildman–Crippen LogP) is 3.47. The maximum Gasteiger partial charge on any atom is 0.348 e. The van der Waals surface area contributed by atoms with Crippen LogP contribution in [-0.2, 0) is 9.47 Å². The van der Waals surface area contributed by atoms with E-state index in [1.165, 1.54) is 24.4 Å². The third-order valence-electron chi connectivity index (χ3n) is 3.77. The summed E-state index contributed by atoms with van der Waals surface area (Å²) in [5, 5.41) is 17.1. The fourth-order valence-electron chi connectivity index (χ4n) is 2.46. The van der Waals surface area contributed by atoms with E-state index >= 15 is 0 Å². The number of esters is 2. The predicted molar refractivity (Wildman–Crippen MR) is 114 cm³/mol. The first-order chi connectivity index (χ1) is 14.8. The van der Waals surface area contributed by atoms with Gasteiger partial charge in [0.25, 0.3) is 5.69 Å². The molecular weight excluding hydrogens is 428 g/mol. The molecule has 2 aromatic rings. The normalized spacial score (nSPS) is 10.5. The molecule has 2 N–H and O–H groups in total. The van der Waals surface area contributed by atoms with E-state index in [1.807, 2.05) is 0 Å². The van der Waals surface area contributed by atoms with Crippen molar-refractivity contribution >= 4 is 46.2 Å². The molecule has 31 heavy (non-hydrogen) atoms. The number of rotatable bonds is 8. The number of benzene rings is 1. The van der Waals surface area contributed by atoms with Crippen LogP contribution in [0.4, 0.5) is 15.5 Å². The van der Waals surface area contributed by atoms with Crippen LogP contribution in [0.2, 0.25) is 0 Å². The Kier molecular flexibility index (Phi) is 8.20. The topological polar surface area (TPSA) is 149 Å². The second-order valence-electron chi connectivity index (χ2n) is 5.88. The lowest BCUT2D eigenvalue weighted by atomic mass is 10.1. The lowest BCUT2D eigenvalue weighted by Crippen LogP contribution is -2.24. The van der Waals surface area contributed by atoms with E-state index in [-0.39, 0.29) is 34.3 Å². The van der Waals surface area contributed by atoms with Crippen molar-refractivity contribution in [2.24, 2.45) is 5.10 Å². The number of hydrogen-bond donors (Lipinski definition) is 2. The Morgan fingerprint density at radius 2 is 1.87 bits per heavy atom. The van der Waals surface area contributed by atoms with Crippen LogP contribution in [0.15, 0.2) is 29.4 Å². The molecule has 0 aliphatic heterocycles. The lowest BCUT2D eigenvalue weighted by molar-refractivity contribution is -0.384. The van der Waals surface area contributed by atoms with Gasteiger partial charge < -0.3 is 9.47 Å². The van der Waals surface area contributed by atoms with E-state index < -0.39 is 22.9 Å². The Labute approximate surface area is 181 Å². The fraction of sp³-hybridized carbons (Fsp3) is 0.263. The maximum absolute atomic E-state index is 12.3. The van der Waals surface area contributed by atoms with E-state index in [0.717, 1.165) is 11.3 Å². The summed E-state index contributed by atoms with van der Waals surface area (Å²) in [5.74, 6) is -1.31. The van der Waals surface area contributed by atoms with Crippen molar-refractivity contribution in [3.8, 4) is 0 Å². The van der Waals surface area contributed by atoms with Crippen molar-refractivity contribution in [3.05, 3.63) is 55.9 Å². The summed E-state index contributed by atoms with van der Waals surface area (Å²) in [6, 6.07) is 4.88. The Morgan fingerprint density at radius 1 is 1.19 bits per heavy atom. The SMILES string of the molecule is CCOC(=O)c1sc(NC(=O)NN=Cc2cccc([N+](=O)[O-])c2)c(C(=O)OCC)c1C. The molecule has 164 valence electrons. The number of anilines is 1. The molecule has 0 spiro atoms. The number of nitrogens with zero attached hydrogens (tertiary/aromatic N) is 2. The van der Waals surface area contributed by atoms with Crippen LogP contribution in [0.3, 0.4) is 0 Å². The average Bonchev–Trinajstić information content (AvgIpc) is 3.04. The molecule has 0 saturated carbocycles. The van der Waals surface area contributed by atoms with Gasteiger partial charge in [-0.3, -0.25) is 15.4 Å². The third-order valence-corrected chi connectivity index (χ3v) is 4.96. The van der Waals surface area contributed by atoms with Gasteiger partial charge in [0.15, 0.2) is 0 Å². The molecule has 0 unspecified atom stereocenters. The highest BCUT2D eigenvalue weighted by Crippen LogP contribution is 2.34. The van der Waals surface area contributed by atoms with E-state index in [1.54, 1.807) is 26.8 Å². The number of amides is 2. The molecule has 1 aromatic heterocycles. The van der Waals surface area contributed by atoms with Gasteiger partial charge >= 0.3 is 18.0 Å². The minimum absolute atomic E-state index is 0.0488.